The Morgan fingerprint density at radius 3 is 2.26 bits per heavy atom. The normalized spacial score (nSPS) is 18.9. The number of nitrogens with zero attached hydrogens (tertiary/aromatic N) is 2. The Kier molecular flexibility index (Phi) is 3.90. The van der Waals surface area contributed by atoms with Gasteiger partial charge >= 0.3 is 7.12 Å². The molecule has 1 fully saturated rings. The van der Waals surface area contributed by atoms with Crippen molar-refractivity contribution >= 4 is 12.7 Å². The van der Waals surface area contributed by atoms with Gasteiger partial charge in [-0.05, 0) is 39.8 Å². The minimum Gasteiger partial charge on any atom is -0.497 e. The predicted molar refractivity (Wildman–Crippen MR) is 89.7 cm³/mol. The van der Waals surface area contributed by atoms with Gasteiger partial charge < -0.3 is 14.0 Å². The average Bonchev–Trinajstić information content (AvgIpc) is 2.76. The monoisotopic (exact) mass is 312 g/mol. The van der Waals surface area contributed by atoms with E-state index in [-0.39, 0.29) is 11.2 Å². The molecule has 1 saturated heterocycles. The van der Waals surface area contributed by atoms with E-state index >= 15 is 0 Å². The van der Waals surface area contributed by atoms with E-state index < -0.39 is 7.12 Å². The lowest BCUT2D eigenvalue weighted by molar-refractivity contribution is 0.00578. The van der Waals surface area contributed by atoms with Gasteiger partial charge in [0.05, 0.1) is 35.8 Å². The van der Waals surface area contributed by atoms with Crippen LogP contribution in [0, 0.1) is 0 Å². The molecule has 0 radical (unpaired) electrons. The zero-order valence-corrected chi connectivity index (χ0v) is 14.2. The zero-order valence-electron chi connectivity index (χ0n) is 14.2. The lowest BCUT2D eigenvalue weighted by atomic mass is 9.85. The van der Waals surface area contributed by atoms with Gasteiger partial charge in [-0.2, -0.15) is 0 Å². The lowest BCUT2D eigenvalue weighted by Crippen LogP contribution is -2.41. The van der Waals surface area contributed by atoms with Gasteiger partial charge in [0, 0.05) is 11.8 Å². The smallest absolute Gasteiger partial charge is 0.497 e. The van der Waals surface area contributed by atoms with Crippen LogP contribution in [0.2, 0.25) is 0 Å². The topological polar surface area (TPSA) is 53.5 Å². The molecule has 0 unspecified atom stereocenters. The minimum atomic E-state index is -0.494. The SMILES string of the molecule is COc1cccc(-c2cnc(B3OC(C)(C)C(C)(C)O3)cn2)c1. The molecule has 23 heavy (non-hydrogen) atoms. The molecular weight excluding hydrogens is 291 g/mol. The molecule has 1 aliphatic heterocycles. The Hall–Kier alpha value is -1.92. The first-order valence-electron chi connectivity index (χ1n) is 7.64. The van der Waals surface area contributed by atoms with Crippen molar-refractivity contribution in [2.45, 2.75) is 38.9 Å². The van der Waals surface area contributed by atoms with Crippen molar-refractivity contribution in [1.82, 2.24) is 9.97 Å². The summed E-state index contributed by atoms with van der Waals surface area (Å²) in [5, 5.41) is 0. The van der Waals surface area contributed by atoms with Crippen molar-refractivity contribution in [1.29, 1.82) is 0 Å². The fourth-order valence-corrected chi connectivity index (χ4v) is 2.36. The fraction of sp³-hybridized carbons (Fsp3) is 0.412. The third-order valence-corrected chi connectivity index (χ3v) is 4.53. The Morgan fingerprint density at radius 2 is 1.70 bits per heavy atom. The summed E-state index contributed by atoms with van der Waals surface area (Å²) in [4.78, 5) is 8.96. The maximum Gasteiger partial charge on any atom is 0.516 e. The van der Waals surface area contributed by atoms with Gasteiger partial charge in [0.1, 0.15) is 5.75 Å². The summed E-state index contributed by atoms with van der Waals surface area (Å²) in [5.74, 6) is 0.791. The highest BCUT2D eigenvalue weighted by Crippen LogP contribution is 2.36. The number of rotatable bonds is 3. The zero-order chi connectivity index (χ0) is 16.7. The van der Waals surface area contributed by atoms with Crippen LogP contribution in [-0.2, 0) is 9.31 Å². The van der Waals surface area contributed by atoms with Gasteiger partial charge in [0.15, 0.2) is 0 Å². The van der Waals surface area contributed by atoms with Crippen LogP contribution in [0.5, 0.6) is 5.75 Å². The maximum absolute atomic E-state index is 5.99. The highest BCUT2D eigenvalue weighted by molar-refractivity contribution is 6.61. The van der Waals surface area contributed by atoms with Gasteiger partial charge in [0.25, 0.3) is 0 Å². The number of hydrogen-bond donors (Lipinski definition) is 0. The molecule has 0 N–H and O–H groups in total. The van der Waals surface area contributed by atoms with Crippen LogP contribution in [0.3, 0.4) is 0 Å². The largest absolute Gasteiger partial charge is 0.516 e. The Balaban J connectivity index is 1.83. The van der Waals surface area contributed by atoms with E-state index in [1.807, 2.05) is 52.0 Å². The molecule has 0 aliphatic carbocycles. The van der Waals surface area contributed by atoms with E-state index in [0.29, 0.717) is 5.59 Å². The van der Waals surface area contributed by atoms with E-state index in [0.717, 1.165) is 17.0 Å². The molecule has 2 aromatic rings. The second-order valence-corrected chi connectivity index (χ2v) is 6.65. The second kappa shape index (κ2) is 5.62. The van der Waals surface area contributed by atoms with Gasteiger partial charge in [-0.3, -0.25) is 9.97 Å². The van der Waals surface area contributed by atoms with E-state index in [9.17, 15) is 0 Å². The van der Waals surface area contributed by atoms with Crippen molar-refractivity contribution in [3.05, 3.63) is 36.7 Å². The molecule has 0 amide bonds. The Morgan fingerprint density at radius 1 is 1.00 bits per heavy atom. The molecular formula is C17H21BN2O3. The summed E-state index contributed by atoms with van der Waals surface area (Å²) < 4.78 is 17.2. The molecule has 5 nitrogen and oxygen atoms in total. The summed E-state index contributed by atoms with van der Waals surface area (Å²) in [5.41, 5.74) is 1.65. The van der Waals surface area contributed by atoms with Crippen LogP contribution in [0.25, 0.3) is 11.3 Å². The van der Waals surface area contributed by atoms with Gasteiger partial charge in [0.2, 0.25) is 0 Å². The third kappa shape index (κ3) is 2.96. The number of hydrogen-bond acceptors (Lipinski definition) is 5. The molecule has 0 atom stereocenters. The molecule has 1 aliphatic rings. The molecule has 1 aromatic heterocycles. The summed E-state index contributed by atoms with van der Waals surface area (Å²) in [7, 11) is 1.15. The molecule has 0 saturated carbocycles. The first-order chi connectivity index (χ1) is 10.8. The van der Waals surface area contributed by atoms with Crippen molar-refractivity contribution in [3.63, 3.8) is 0 Å². The summed E-state index contributed by atoms with van der Waals surface area (Å²) in [6, 6.07) is 7.73. The molecule has 6 heteroatoms. The molecule has 120 valence electrons. The van der Waals surface area contributed by atoms with Crippen molar-refractivity contribution in [2.24, 2.45) is 0 Å². The quantitative estimate of drug-likeness (QED) is 0.815. The average molecular weight is 312 g/mol. The van der Waals surface area contributed by atoms with E-state index in [4.69, 9.17) is 14.0 Å². The summed E-state index contributed by atoms with van der Waals surface area (Å²) >= 11 is 0. The highest BCUT2D eigenvalue weighted by Gasteiger charge is 2.52. The summed E-state index contributed by atoms with van der Waals surface area (Å²) in [6.45, 7) is 8.08. The Labute approximate surface area is 137 Å². The van der Waals surface area contributed by atoms with E-state index in [1.165, 1.54) is 0 Å². The van der Waals surface area contributed by atoms with E-state index in [2.05, 4.69) is 9.97 Å². The van der Waals surface area contributed by atoms with Crippen molar-refractivity contribution in [2.75, 3.05) is 7.11 Å². The number of benzene rings is 1. The fourth-order valence-electron chi connectivity index (χ4n) is 2.36. The lowest BCUT2D eigenvalue weighted by Gasteiger charge is -2.32. The summed E-state index contributed by atoms with van der Waals surface area (Å²) in [6.07, 6.45) is 3.44. The number of methoxy groups -OCH3 is 1. The molecule has 1 aromatic carbocycles. The van der Waals surface area contributed by atoms with Gasteiger partial charge in [-0.25, -0.2) is 0 Å². The van der Waals surface area contributed by atoms with Crippen LogP contribution in [-0.4, -0.2) is 35.4 Å². The maximum atomic E-state index is 5.99. The molecule has 2 heterocycles. The Bertz CT molecular complexity index is 685. The number of ether oxygens (including phenoxy) is 1. The van der Waals surface area contributed by atoms with E-state index in [1.54, 1.807) is 19.5 Å². The predicted octanol–water partition coefficient (Wildman–Crippen LogP) is 2.45. The standard InChI is InChI=1S/C17H21BN2O3/c1-16(2)17(3,4)23-18(22-16)15-11-19-14(10-20-15)12-7-6-8-13(9-12)21-5/h6-11H,1-5H3. The minimum absolute atomic E-state index is 0.384. The third-order valence-electron chi connectivity index (χ3n) is 4.53. The van der Waals surface area contributed by atoms with Crippen LogP contribution in [0.1, 0.15) is 27.7 Å². The van der Waals surface area contributed by atoms with Crippen LogP contribution < -0.4 is 10.3 Å². The first-order valence-corrected chi connectivity index (χ1v) is 7.64. The second-order valence-electron chi connectivity index (χ2n) is 6.65. The van der Waals surface area contributed by atoms with Crippen LogP contribution in [0.15, 0.2) is 36.7 Å². The highest BCUT2D eigenvalue weighted by atomic mass is 16.7. The first kappa shape index (κ1) is 16.0. The van der Waals surface area contributed by atoms with Crippen molar-refractivity contribution < 1.29 is 14.0 Å². The van der Waals surface area contributed by atoms with Crippen LogP contribution >= 0.6 is 0 Å². The van der Waals surface area contributed by atoms with Crippen LogP contribution in [0.4, 0.5) is 0 Å². The molecule has 0 spiro atoms. The van der Waals surface area contributed by atoms with Crippen molar-refractivity contribution in [3.8, 4) is 17.0 Å². The van der Waals surface area contributed by atoms with Gasteiger partial charge in [-0.15, -0.1) is 0 Å². The van der Waals surface area contributed by atoms with Gasteiger partial charge in [-0.1, -0.05) is 12.1 Å². The number of aromatic nitrogens is 2. The molecule has 3 rings (SSSR count). The molecule has 0 bridgehead atoms.